The number of rotatable bonds is 1. The molecule has 0 aliphatic heterocycles. The Hall–Kier alpha value is -3.30. The Bertz CT molecular complexity index is 1070. The molecule has 0 saturated heterocycles. The van der Waals surface area contributed by atoms with E-state index in [0.29, 0.717) is 0 Å². The highest BCUT2D eigenvalue weighted by atomic mass is 14.0. The van der Waals surface area contributed by atoms with Gasteiger partial charge in [0.1, 0.15) is 0 Å². The summed E-state index contributed by atoms with van der Waals surface area (Å²) in [6, 6.07) is 31.8. The molecular formula is C25H18. The fourth-order valence-corrected chi connectivity index (χ4v) is 2.90. The second-order valence-electron chi connectivity index (χ2n) is 6.26. The van der Waals surface area contributed by atoms with Crippen LogP contribution in [0.15, 0.2) is 91.0 Å². The Kier molecular flexibility index (Phi) is 4.07. The van der Waals surface area contributed by atoms with Gasteiger partial charge in [0.25, 0.3) is 0 Å². The molecule has 0 heteroatoms. The van der Waals surface area contributed by atoms with Gasteiger partial charge in [-0.15, -0.1) is 0 Å². The van der Waals surface area contributed by atoms with E-state index in [1.165, 1.54) is 27.5 Å². The minimum Gasteiger partial charge on any atom is -0.0617 e. The molecule has 0 nitrogen and oxygen atoms in total. The van der Waals surface area contributed by atoms with Gasteiger partial charge in [0.05, 0.1) is 0 Å². The topological polar surface area (TPSA) is 0 Å². The van der Waals surface area contributed by atoms with Crippen molar-refractivity contribution < 1.29 is 0 Å². The first kappa shape index (κ1) is 15.2. The summed E-state index contributed by atoms with van der Waals surface area (Å²) in [5.41, 5.74) is 5.78. The number of hydrogen-bond donors (Lipinski definition) is 0. The van der Waals surface area contributed by atoms with Crippen LogP contribution in [0.25, 0.3) is 21.9 Å². The summed E-state index contributed by atoms with van der Waals surface area (Å²) >= 11 is 0. The van der Waals surface area contributed by atoms with Gasteiger partial charge in [-0.05, 0) is 59.2 Å². The Balaban J connectivity index is 1.60. The normalized spacial score (nSPS) is 10.3. The van der Waals surface area contributed by atoms with Crippen LogP contribution in [-0.4, -0.2) is 0 Å². The van der Waals surface area contributed by atoms with E-state index >= 15 is 0 Å². The molecule has 0 N–H and O–H groups in total. The highest BCUT2D eigenvalue weighted by molar-refractivity contribution is 5.87. The van der Waals surface area contributed by atoms with E-state index in [9.17, 15) is 0 Å². The quantitative estimate of drug-likeness (QED) is 0.366. The fraction of sp³-hybridized carbons (Fsp3) is 0.0400. The van der Waals surface area contributed by atoms with Gasteiger partial charge in [0.2, 0.25) is 0 Å². The average Bonchev–Trinajstić information content (AvgIpc) is 2.68. The third-order valence-electron chi connectivity index (χ3n) is 4.37. The molecule has 0 aromatic heterocycles. The Morgan fingerprint density at radius 3 is 1.76 bits per heavy atom. The lowest BCUT2D eigenvalue weighted by Crippen LogP contribution is -1.81. The zero-order valence-corrected chi connectivity index (χ0v) is 14.2. The Morgan fingerprint density at radius 2 is 1.08 bits per heavy atom. The standard InChI is InChI=1S/C25H18/c1-19-6-8-20(9-7-19)10-11-21-12-14-23(15-13-21)25-17-16-22-4-2-3-5-24(22)18-25/h2-9,12-18H,1H3. The molecule has 4 rings (SSSR count). The van der Waals surface area contributed by atoms with E-state index in [2.05, 4.69) is 110 Å². The van der Waals surface area contributed by atoms with Crippen molar-refractivity contribution in [1.29, 1.82) is 0 Å². The second-order valence-corrected chi connectivity index (χ2v) is 6.26. The van der Waals surface area contributed by atoms with Crippen molar-refractivity contribution in [2.75, 3.05) is 0 Å². The first-order valence-corrected chi connectivity index (χ1v) is 8.46. The van der Waals surface area contributed by atoms with Crippen molar-refractivity contribution in [3.63, 3.8) is 0 Å². The van der Waals surface area contributed by atoms with E-state index in [0.717, 1.165) is 11.1 Å². The first-order chi connectivity index (χ1) is 12.3. The van der Waals surface area contributed by atoms with Crippen LogP contribution in [0.1, 0.15) is 16.7 Å². The van der Waals surface area contributed by atoms with Gasteiger partial charge in [-0.1, -0.05) is 78.1 Å². The minimum atomic E-state index is 1.03. The van der Waals surface area contributed by atoms with E-state index < -0.39 is 0 Å². The lowest BCUT2D eigenvalue weighted by atomic mass is 10.0. The molecule has 0 unspecified atom stereocenters. The van der Waals surface area contributed by atoms with Gasteiger partial charge < -0.3 is 0 Å². The minimum absolute atomic E-state index is 1.03. The molecule has 118 valence electrons. The number of hydrogen-bond acceptors (Lipinski definition) is 0. The molecule has 0 aliphatic rings. The van der Waals surface area contributed by atoms with Crippen LogP contribution < -0.4 is 0 Å². The third-order valence-corrected chi connectivity index (χ3v) is 4.37. The van der Waals surface area contributed by atoms with Crippen LogP contribution in [0.2, 0.25) is 0 Å². The molecule has 0 aliphatic carbocycles. The van der Waals surface area contributed by atoms with Crippen LogP contribution >= 0.6 is 0 Å². The van der Waals surface area contributed by atoms with Crippen molar-refractivity contribution >= 4 is 10.8 Å². The lowest BCUT2D eigenvalue weighted by molar-refractivity contribution is 1.46. The molecule has 25 heavy (non-hydrogen) atoms. The summed E-state index contributed by atoms with van der Waals surface area (Å²) < 4.78 is 0. The number of fused-ring (bicyclic) bond motifs is 1. The average molecular weight is 318 g/mol. The molecule has 0 amide bonds. The van der Waals surface area contributed by atoms with Crippen molar-refractivity contribution in [2.24, 2.45) is 0 Å². The van der Waals surface area contributed by atoms with Gasteiger partial charge in [0, 0.05) is 11.1 Å². The van der Waals surface area contributed by atoms with Crippen LogP contribution in [0.5, 0.6) is 0 Å². The molecule has 0 atom stereocenters. The van der Waals surface area contributed by atoms with Crippen LogP contribution in [0.4, 0.5) is 0 Å². The van der Waals surface area contributed by atoms with Crippen molar-refractivity contribution in [1.82, 2.24) is 0 Å². The Labute approximate surface area is 148 Å². The van der Waals surface area contributed by atoms with Gasteiger partial charge in [-0.25, -0.2) is 0 Å². The molecule has 0 saturated carbocycles. The molecular weight excluding hydrogens is 300 g/mol. The maximum atomic E-state index is 3.24. The van der Waals surface area contributed by atoms with Gasteiger partial charge in [-0.3, -0.25) is 0 Å². The van der Waals surface area contributed by atoms with E-state index in [4.69, 9.17) is 0 Å². The van der Waals surface area contributed by atoms with Crippen molar-refractivity contribution in [3.05, 3.63) is 108 Å². The molecule has 0 spiro atoms. The smallest absolute Gasteiger partial charge is 0.0249 e. The van der Waals surface area contributed by atoms with Gasteiger partial charge >= 0.3 is 0 Å². The molecule has 0 heterocycles. The molecule has 4 aromatic carbocycles. The fourth-order valence-electron chi connectivity index (χ4n) is 2.90. The lowest BCUT2D eigenvalue weighted by Gasteiger charge is -2.04. The summed E-state index contributed by atoms with van der Waals surface area (Å²) in [5, 5.41) is 2.54. The summed E-state index contributed by atoms with van der Waals surface area (Å²) in [5.74, 6) is 6.46. The molecule has 0 radical (unpaired) electrons. The maximum Gasteiger partial charge on any atom is 0.0249 e. The monoisotopic (exact) mass is 318 g/mol. The van der Waals surface area contributed by atoms with E-state index in [-0.39, 0.29) is 0 Å². The van der Waals surface area contributed by atoms with Gasteiger partial charge in [0.15, 0.2) is 0 Å². The van der Waals surface area contributed by atoms with Crippen molar-refractivity contribution in [2.45, 2.75) is 6.92 Å². The third kappa shape index (κ3) is 3.47. The maximum absolute atomic E-state index is 3.24. The SMILES string of the molecule is Cc1ccc(C#Cc2ccc(-c3ccc4ccccc4c3)cc2)cc1. The van der Waals surface area contributed by atoms with E-state index in [1.807, 2.05) is 0 Å². The summed E-state index contributed by atoms with van der Waals surface area (Å²) in [4.78, 5) is 0. The zero-order chi connectivity index (χ0) is 17.1. The predicted molar refractivity (Wildman–Crippen MR) is 107 cm³/mol. The zero-order valence-electron chi connectivity index (χ0n) is 14.2. The summed E-state index contributed by atoms with van der Waals surface area (Å²) in [6.45, 7) is 2.09. The van der Waals surface area contributed by atoms with Crippen LogP contribution in [0.3, 0.4) is 0 Å². The van der Waals surface area contributed by atoms with Gasteiger partial charge in [-0.2, -0.15) is 0 Å². The number of benzene rings is 4. The molecule has 4 aromatic rings. The molecule has 0 bridgehead atoms. The first-order valence-electron chi connectivity index (χ1n) is 8.46. The number of aryl methyl sites for hydroxylation is 1. The second kappa shape index (κ2) is 6.67. The van der Waals surface area contributed by atoms with Crippen LogP contribution in [0, 0.1) is 18.8 Å². The summed E-state index contributed by atoms with van der Waals surface area (Å²) in [6.07, 6.45) is 0. The van der Waals surface area contributed by atoms with Crippen LogP contribution in [-0.2, 0) is 0 Å². The van der Waals surface area contributed by atoms with E-state index in [1.54, 1.807) is 0 Å². The van der Waals surface area contributed by atoms with Crippen molar-refractivity contribution in [3.8, 4) is 23.0 Å². The molecule has 0 fully saturated rings. The predicted octanol–water partition coefficient (Wildman–Crippen LogP) is 6.22. The Morgan fingerprint density at radius 1 is 0.520 bits per heavy atom. The highest BCUT2D eigenvalue weighted by Crippen LogP contribution is 2.24. The highest BCUT2D eigenvalue weighted by Gasteiger charge is 1.99. The largest absolute Gasteiger partial charge is 0.0617 e. The summed E-state index contributed by atoms with van der Waals surface area (Å²) in [7, 11) is 0.